The van der Waals surface area contributed by atoms with Crippen molar-refractivity contribution in [3.63, 3.8) is 0 Å². The number of nitrogens with one attached hydrogen (secondary N) is 1. The van der Waals surface area contributed by atoms with Gasteiger partial charge in [0, 0.05) is 18.0 Å². The van der Waals surface area contributed by atoms with Crippen LogP contribution in [-0.2, 0) is 4.79 Å². The summed E-state index contributed by atoms with van der Waals surface area (Å²) in [6, 6.07) is 14.5. The minimum absolute atomic E-state index is 0.0548. The van der Waals surface area contributed by atoms with Crippen LogP contribution >= 0.6 is 0 Å². The van der Waals surface area contributed by atoms with Crippen molar-refractivity contribution in [2.24, 2.45) is 0 Å². The monoisotopic (exact) mass is 335 g/mol. The minimum atomic E-state index is -0.135. The number of carbonyl (C=O) groups excluding carboxylic acids is 1. The molecule has 126 valence electrons. The fourth-order valence-corrected chi connectivity index (χ4v) is 3.13. The number of phenolic OH excluding ortho intramolecular Hbond substituents is 1. The van der Waals surface area contributed by atoms with Crippen LogP contribution in [0.2, 0.25) is 0 Å². The number of amides is 1. The van der Waals surface area contributed by atoms with Crippen LogP contribution in [-0.4, -0.2) is 27.7 Å². The van der Waals surface area contributed by atoms with E-state index in [0.29, 0.717) is 12.2 Å². The van der Waals surface area contributed by atoms with E-state index in [1.807, 2.05) is 41.0 Å². The highest BCUT2D eigenvalue weighted by atomic mass is 16.5. The predicted molar refractivity (Wildman–Crippen MR) is 93.3 cm³/mol. The molecule has 2 aromatic carbocycles. The maximum atomic E-state index is 12.2. The first kappa shape index (κ1) is 15.3. The Morgan fingerprint density at radius 1 is 1.16 bits per heavy atom. The number of methoxy groups -OCH3 is 1. The van der Waals surface area contributed by atoms with Crippen molar-refractivity contribution >= 4 is 11.7 Å². The molecule has 0 unspecified atom stereocenters. The second kappa shape index (κ2) is 5.98. The van der Waals surface area contributed by atoms with E-state index in [-0.39, 0.29) is 17.6 Å². The van der Waals surface area contributed by atoms with Crippen LogP contribution in [0.1, 0.15) is 23.6 Å². The van der Waals surface area contributed by atoms with Gasteiger partial charge < -0.3 is 15.2 Å². The molecule has 0 saturated heterocycles. The number of aromatic hydroxyl groups is 1. The summed E-state index contributed by atoms with van der Waals surface area (Å²) in [5, 5.41) is 12.4. The molecule has 25 heavy (non-hydrogen) atoms. The van der Waals surface area contributed by atoms with Gasteiger partial charge in [0.05, 0.1) is 12.8 Å². The molecular formula is C19H17N3O3. The largest absolute Gasteiger partial charge is 0.508 e. The third-order valence-electron chi connectivity index (χ3n) is 4.42. The fourth-order valence-electron chi connectivity index (χ4n) is 3.13. The van der Waals surface area contributed by atoms with Crippen LogP contribution in [0.15, 0.2) is 54.9 Å². The molecule has 0 bridgehead atoms. The number of ether oxygens (including phenoxy) is 1. The maximum absolute atomic E-state index is 12.2. The zero-order valence-electron chi connectivity index (χ0n) is 13.6. The molecule has 1 aliphatic rings. The lowest BCUT2D eigenvalue weighted by atomic mass is 9.90. The number of hydrogen-bond acceptors (Lipinski definition) is 4. The first-order chi connectivity index (χ1) is 12.2. The van der Waals surface area contributed by atoms with E-state index in [1.165, 1.54) is 0 Å². The Hall–Kier alpha value is -3.28. The van der Waals surface area contributed by atoms with Gasteiger partial charge in [0.1, 0.15) is 23.6 Å². The van der Waals surface area contributed by atoms with E-state index in [1.54, 1.807) is 25.6 Å². The molecule has 1 atom stereocenters. The highest BCUT2D eigenvalue weighted by Gasteiger charge is 2.30. The molecule has 6 heteroatoms. The first-order valence-electron chi connectivity index (χ1n) is 7.96. The summed E-state index contributed by atoms with van der Waals surface area (Å²) in [4.78, 5) is 16.8. The number of benzene rings is 2. The number of fused-ring (bicyclic) bond motifs is 1. The normalized spacial score (nSPS) is 16.2. The summed E-state index contributed by atoms with van der Waals surface area (Å²) in [5.41, 5.74) is 2.66. The molecule has 0 saturated carbocycles. The smallest absolute Gasteiger partial charge is 0.226 e. The van der Waals surface area contributed by atoms with Gasteiger partial charge >= 0.3 is 0 Å². The highest BCUT2D eigenvalue weighted by Crippen LogP contribution is 2.37. The van der Waals surface area contributed by atoms with Gasteiger partial charge in [-0.25, -0.2) is 4.98 Å². The molecule has 3 aromatic rings. The first-order valence-corrected chi connectivity index (χ1v) is 7.96. The Balaban J connectivity index is 1.76. The summed E-state index contributed by atoms with van der Waals surface area (Å²) in [6.45, 7) is 0. The second-order valence-corrected chi connectivity index (χ2v) is 5.94. The van der Waals surface area contributed by atoms with Gasteiger partial charge in [-0.1, -0.05) is 12.1 Å². The van der Waals surface area contributed by atoms with Crippen LogP contribution in [0.5, 0.6) is 11.5 Å². The third kappa shape index (κ3) is 2.71. The van der Waals surface area contributed by atoms with Crippen molar-refractivity contribution in [2.45, 2.75) is 12.3 Å². The number of imidazole rings is 1. The molecule has 0 radical (unpaired) electrons. The number of phenols is 1. The van der Waals surface area contributed by atoms with Crippen LogP contribution in [0.4, 0.5) is 5.82 Å². The average Bonchev–Trinajstić information content (AvgIpc) is 3.05. The number of nitrogens with zero attached hydrogens (tertiary/aromatic N) is 2. The zero-order valence-corrected chi connectivity index (χ0v) is 13.6. The molecule has 2 heterocycles. The second-order valence-electron chi connectivity index (χ2n) is 5.94. The SMILES string of the molecule is COc1ccc(-n2cnc3c2NC(=O)C[C@@H]3c2ccc(O)cc2)cc1. The van der Waals surface area contributed by atoms with E-state index in [0.717, 1.165) is 22.7 Å². The minimum Gasteiger partial charge on any atom is -0.508 e. The molecule has 0 fully saturated rings. The highest BCUT2D eigenvalue weighted by molar-refractivity contribution is 5.94. The lowest BCUT2D eigenvalue weighted by molar-refractivity contribution is -0.116. The lowest BCUT2D eigenvalue weighted by Crippen LogP contribution is -2.24. The van der Waals surface area contributed by atoms with E-state index >= 15 is 0 Å². The van der Waals surface area contributed by atoms with Crippen LogP contribution < -0.4 is 10.1 Å². The Kier molecular flexibility index (Phi) is 3.65. The molecular weight excluding hydrogens is 318 g/mol. The van der Waals surface area contributed by atoms with Crippen molar-refractivity contribution in [1.82, 2.24) is 9.55 Å². The van der Waals surface area contributed by atoms with E-state index < -0.39 is 0 Å². The quantitative estimate of drug-likeness (QED) is 0.771. The molecule has 0 spiro atoms. The van der Waals surface area contributed by atoms with E-state index in [2.05, 4.69) is 10.3 Å². The standard InChI is InChI=1S/C19H17N3O3/c1-25-15-8-4-13(5-9-15)22-11-20-18-16(10-17(24)21-19(18)22)12-2-6-14(23)7-3-12/h2-9,11,16,23H,10H2,1H3,(H,21,24)/t16-/m1/s1. The molecule has 0 aliphatic carbocycles. The van der Waals surface area contributed by atoms with Crippen molar-refractivity contribution in [3.8, 4) is 17.2 Å². The predicted octanol–water partition coefficient (Wildman–Crippen LogP) is 3.06. The summed E-state index contributed by atoms with van der Waals surface area (Å²) < 4.78 is 7.05. The molecule has 1 aromatic heterocycles. The van der Waals surface area contributed by atoms with Gasteiger partial charge in [0.2, 0.25) is 5.91 Å². The number of hydrogen-bond donors (Lipinski definition) is 2. The Labute approximate surface area is 144 Å². The number of rotatable bonds is 3. The van der Waals surface area contributed by atoms with E-state index in [4.69, 9.17) is 4.74 Å². The molecule has 2 N–H and O–H groups in total. The molecule has 6 nitrogen and oxygen atoms in total. The topological polar surface area (TPSA) is 76.4 Å². The Bertz CT molecular complexity index is 914. The lowest BCUT2D eigenvalue weighted by Gasteiger charge is -2.23. The third-order valence-corrected chi connectivity index (χ3v) is 4.42. The summed E-state index contributed by atoms with van der Waals surface area (Å²) in [7, 11) is 1.62. The number of carbonyl (C=O) groups is 1. The van der Waals surface area contributed by atoms with Gasteiger partial charge in [-0.2, -0.15) is 0 Å². The fraction of sp³-hybridized carbons (Fsp3) is 0.158. The Morgan fingerprint density at radius 3 is 2.56 bits per heavy atom. The summed E-state index contributed by atoms with van der Waals surface area (Å²) in [6.07, 6.45) is 2.04. The number of aromatic nitrogens is 2. The van der Waals surface area contributed by atoms with Crippen LogP contribution in [0.3, 0.4) is 0 Å². The zero-order chi connectivity index (χ0) is 17.4. The summed E-state index contributed by atoms with van der Waals surface area (Å²) >= 11 is 0. The van der Waals surface area contributed by atoms with Gasteiger partial charge in [0.15, 0.2) is 0 Å². The van der Waals surface area contributed by atoms with Gasteiger partial charge in [-0.3, -0.25) is 9.36 Å². The van der Waals surface area contributed by atoms with Gasteiger partial charge in [-0.15, -0.1) is 0 Å². The van der Waals surface area contributed by atoms with Crippen molar-refractivity contribution in [1.29, 1.82) is 0 Å². The van der Waals surface area contributed by atoms with Crippen molar-refractivity contribution < 1.29 is 14.6 Å². The molecule has 1 aliphatic heterocycles. The average molecular weight is 335 g/mol. The molecule has 4 rings (SSSR count). The maximum Gasteiger partial charge on any atom is 0.226 e. The summed E-state index contributed by atoms with van der Waals surface area (Å²) in [5.74, 6) is 1.46. The van der Waals surface area contributed by atoms with Gasteiger partial charge in [0.25, 0.3) is 0 Å². The number of anilines is 1. The molecule has 1 amide bonds. The van der Waals surface area contributed by atoms with Crippen molar-refractivity contribution in [2.75, 3.05) is 12.4 Å². The van der Waals surface area contributed by atoms with Crippen LogP contribution in [0, 0.1) is 0 Å². The van der Waals surface area contributed by atoms with Crippen molar-refractivity contribution in [3.05, 3.63) is 66.1 Å². The van der Waals surface area contributed by atoms with Crippen LogP contribution in [0.25, 0.3) is 5.69 Å². The van der Waals surface area contributed by atoms with E-state index in [9.17, 15) is 9.90 Å². The van der Waals surface area contributed by atoms with Gasteiger partial charge in [-0.05, 0) is 42.0 Å². The Morgan fingerprint density at radius 2 is 1.88 bits per heavy atom.